The largest absolute Gasteiger partial charge is 0.480 e. The van der Waals surface area contributed by atoms with Gasteiger partial charge in [0.1, 0.15) is 29.7 Å². The highest BCUT2D eigenvalue weighted by atomic mass is 32.1. The van der Waals surface area contributed by atoms with Gasteiger partial charge in [-0.05, 0) is 118 Å². The molecule has 0 spiro atoms. The second-order valence-corrected chi connectivity index (χ2v) is 21.5. The summed E-state index contributed by atoms with van der Waals surface area (Å²) in [6.45, 7) is 49.8. The molecule has 4 aromatic heterocycles. The van der Waals surface area contributed by atoms with Crippen LogP contribution in [-0.2, 0) is 15.6 Å². The highest BCUT2D eigenvalue weighted by Gasteiger charge is 2.32. The van der Waals surface area contributed by atoms with Gasteiger partial charge >= 0.3 is 5.97 Å². The second-order valence-electron chi connectivity index (χ2n) is 20.6. The van der Waals surface area contributed by atoms with E-state index in [0.29, 0.717) is 45.6 Å². The van der Waals surface area contributed by atoms with Gasteiger partial charge in [0.25, 0.3) is 19.0 Å². The molecule has 0 amide bonds. The normalized spacial score (nSPS) is 11.7. The zero-order valence-electron chi connectivity index (χ0n) is 45.1. The van der Waals surface area contributed by atoms with Crippen LogP contribution in [0.4, 0.5) is 57.4 Å². The van der Waals surface area contributed by atoms with Crippen molar-refractivity contribution in [3.05, 3.63) is 144 Å². The van der Waals surface area contributed by atoms with Crippen molar-refractivity contribution in [3.63, 3.8) is 0 Å². The van der Waals surface area contributed by atoms with Crippen LogP contribution in [0.15, 0.2) is 69.0 Å². The van der Waals surface area contributed by atoms with E-state index in [2.05, 4.69) is 58.5 Å². The summed E-state index contributed by atoms with van der Waals surface area (Å²) in [6, 6.07) is 17.6. The number of carboxylic acid groups (broad SMARTS) is 1. The van der Waals surface area contributed by atoms with Crippen molar-refractivity contribution in [1.82, 2.24) is 34.7 Å². The minimum Gasteiger partial charge on any atom is -0.480 e. The molecule has 386 valence electrons. The van der Waals surface area contributed by atoms with E-state index >= 15 is 0 Å². The number of azo groups is 2. The first-order chi connectivity index (χ1) is 35.9. The monoisotopic (exact) mass is 1030 g/mol. The molecule has 20 nitrogen and oxygen atoms in total. The number of pyridine rings is 1. The Labute approximate surface area is 446 Å². The van der Waals surface area contributed by atoms with E-state index in [4.69, 9.17) is 45.1 Å². The first kappa shape index (κ1) is 54.6. The molecule has 7 aromatic rings. The number of carbonyl (C=O) groups is 1. The van der Waals surface area contributed by atoms with Gasteiger partial charge in [0, 0.05) is 16.8 Å². The summed E-state index contributed by atoms with van der Waals surface area (Å²) in [5.41, 5.74) is 10.1. The Bertz CT molecular complexity index is 3610. The molecule has 0 saturated heterocycles. The van der Waals surface area contributed by atoms with Crippen LogP contribution in [0.2, 0.25) is 0 Å². The number of hydrogen-bond donors (Lipinski definition) is 2. The molecule has 0 atom stereocenters. The first-order valence-electron chi connectivity index (χ1n) is 24.1. The predicted molar refractivity (Wildman–Crippen MR) is 296 cm³/mol. The SMILES string of the molecule is [C-]#[N+]CN(C[N+]#[C-])c1ccc(N=Nc2c([N+]#[C-])c(C(C)(C)C)nn2-c2nnc(-n3nc(C(C)(C)C)c(C#N)c3N=Nc3c(C)cc(N(CC(=O)O)c4c(C)cc(C)cc4C)nc3Nc3c(C)cc(C)cc3C)s2)c(C)c1. The summed E-state index contributed by atoms with van der Waals surface area (Å²) in [4.78, 5) is 31.8. The smallest absolute Gasteiger partial charge is 0.323 e. The van der Waals surface area contributed by atoms with E-state index < -0.39 is 16.8 Å². The number of aryl methyl sites for hydroxylation is 8. The van der Waals surface area contributed by atoms with Crippen LogP contribution in [0.25, 0.3) is 24.8 Å². The zero-order chi connectivity index (χ0) is 55.6. The lowest BCUT2D eigenvalue weighted by Gasteiger charge is -2.27. The summed E-state index contributed by atoms with van der Waals surface area (Å²) in [6.07, 6.45) is 0. The minimum absolute atomic E-state index is 0.0245. The van der Waals surface area contributed by atoms with Crippen molar-refractivity contribution in [2.45, 2.75) is 108 Å². The average Bonchev–Trinajstić information content (AvgIpc) is 4.07. The van der Waals surface area contributed by atoms with E-state index in [1.54, 1.807) is 28.0 Å². The first-order valence-corrected chi connectivity index (χ1v) is 24.9. The molecule has 0 aliphatic heterocycles. The van der Waals surface area contributed by atoms with E-state index in [9.17, 15) is 15.2 Å². The van der Waals surface area contributed by atoms with Crippen LogP contribution in [-0.4, -0.2) is 65.7 Å². The number of hydrogen-bond acceptors (Lipinski definition) is 15. The van der Waals surface area contributed by atoms with Crippen LogP contribution >= 0.6 is 11.3 Å². The number of nitrogens with zero attached hydrogens (tertiary/aromatic N) is 17. The summed E-state index contributed by atoms with van der Waals surface area (Å²) >= 11 is 1.07. The van der Waals surface area contributed by atoms with Crippen molar-refractivity contribution in [1.29, 1.82) is 5.26 Å². The van der Waals surface area contributed by atoms with Crippen LogP contribution in [0.3, 0.4) is 0 Å². The lowest BCUT2D eigenvalue weighted by Crippen LogP contribution is -2.27. The van der Waals surface area contributed by atoms with Crippen LogP contribution in [0.1, 0.15) is 103 Å². The van der Waals surface area contributed by atoms with Crippen molar-refractivity contribution in [3.8, 4) is 16.3 Å². The molecule has 21 heteroatoms. The molecule has 0 saturated carbocycles. The maximum absolute atomic E-state index is 12.6. The molecule has 76 heavy (non-hydrogen) atoms. The van der Waals surface area contributed by atoms with Gasteiger partial charge in [-0.2, -0.15) is 29.9 Å². The fraction of sp³-hybridized carbons (Fsp3) is 0.345. The standard InChI is InChI=1S/C55H58N18O2S/c1-30-20-33(4)43(34(5)21-30)61-49-44(35(6)25-41(60-49)71(27-42(74)75)46-36(7)22-31(2)23-37(46)8)63-64-50-39(26-56)47(54(9,10)11)68-72(50)52-66-67-53(76-52)73-51(45(59-17)48(69-73)55(12,13)14)65-62-40-19-18-38(24-32(40)3)70(28-57-15)29-58-16/h18-25H,27-29H2,1-14H3,(H,60,61)(H,74,75). The molecule has 7 rings (SSSR count). The molecule has 2 N–H and O–H groups in total. The summed E-state index contributed by atoms with van der Waals surface area (Å²) < 4.78 is 2.84. The quantitative estimate of drug-likeness (QED) is 0.0727. The molecule has 0 unspecified atom stereocenters. The lowest BCUT2D eigenvalue weighted by molar-refractivity contribution is -0.135. The number of aromatic nitrogens is 7. The molecular weight excluding hydrogens is 977 g/mol. The Kier molecular flexibility index (Phi) is 15.6. The number of anilines is 5. The Morgan fingerprint density at radius 3 is 1.82 bits per heavy atom. The van der Waals surface area contributed by atoms with Gasteiger partial charge in [0.15, 0.2) is 17.5 Å². The Hall–Kier alpha value is -9.18. The number of nitrogens with one attached hydrogen (secondary N) is 1. The Balaban J connectivity index is 1.39. The fourth-order valence-corrected chi connectivity index (χ4v) is 9.66. The molecular formula is C55H58N18O2S. The van der Waals surface area contributed by atoms with Gasteiger partial charge in [-0.1, -0.05) is 88.3 Å². The van der Waals surface area contributed by atoms with Gasteiger partial charge in [-0.3, -0.25) is 14.5 Å². The fourth-order valence-electron chi connectivity index (χ4n) is 8.90. The second kappa shape index (κ2) is 21.7. The Morgan fingerprint density at radius 1 is 0.737 bits per heavy atom. The van der Waals surface area contributed by atoms with Gasteiger partial charge in [-0.15, -0.1) is 25.5 Å². The zero-order valence-corrected chi connectivity index (χ0v) is 45.9. The van der Waals surface area contributed by atoms with Crippen molar-refractivity contribution < 1.29 is 9.90 Å². The van der Waals surface area contributed by atoms with Crippen LogP contribution < -0.4 is 15.1 Å². The predicted octanol–water partition coefficient (Wildman–Crippen LogP) is 14.1. The van der Waals surface area contributed by atoms with Crippen molar-refractivity contribution in [2.75, 3.05) is 35.0 Å². The third-order valence-electron chi connectivity index (χ3n) is 12.2. The summed E-state index contributed by atoms with van der Waals surface area (Å²) in [5, 5.41) is 62.8. The van der Waals surface area contributed by atoms with Crippen molar-refractivity contribution in [2.24, 2.45) is 20.5 Å². The van der Waals surface area contributed by atoms with Gasteiger partial charge in [0.05, 0.1) is 29.3 Å². The highest BCUT2D eigenvalue weighted by molar-refractivity contribution is 7.16. The summed E-state index contributed by atoms with van der Waals surface area (Å²) in [7, 11) is 0. The molecule has 0 bridgehead atoms. The highest BCUT2D eigenvalue weighted by Crippen LogP contribution is 2.44. The van der Waals surface area contributed by atoms with Gasteiger partial charge in [-0.25, -0.2) is 27.9 Å². The number of aliphatic carboxylic acids is 1. The Morgan fingerprint density at radius 2 is 1.29 bits per heavy atom. The maximum Gasteiger partial charge on any atom is 0.323 e. The van der Waals surface area contributed by atoms with E-state index in [0.717, 1.165) is 61.7 Å². The average molecular weight is 1040 g/mol. The molecule has 0 aliphatic rings. The van der Waals surface area contributed by atoms with E-state index in [1.165, 1.54) is 9.36 Å². The minimum atomic E-state index is -1.04. The molecule has 3 aromatic carbocycles. The number of rotatable bonds is 15. The molecule has 0 radical (unpaired) electrons. The van der Waals surface area contributed by atoms with E-state index in [1.807, 2.05) is 115 Å². The lowest BCUT2D eigenvalue weighted by atomic mass is 9.90. The molecule has 0 aliphatic carbocycles. The topological polar surface area (TPSA) is 216 Å². The van der Waals surface area contributed by atoms with Gasteiger partial charge in [0.2, 0.25) is 10.3 Å². The van der Waals surface area contributed by atoms with Crippen LogP contribution in [0, 0.1) is 86.4 Å². The molecule has 0 fully saturated rings. The maximum atomic E-state index is 12.6. The molecule has 4 heterocycles. The van der Waals surface area contributed by atoms with E-state index in [-0.39, 0.29) is 53.0 Å². The number of benzene rings is 3. The third-order valence-corrected chi connectivity index (χ3v) is 13.1. The third kappa shape index (κ3) is 11.3. The number of nitriles is 1. The summed E-state index contributed by atoms with van der Waals surface area (Å²) in [5.74, 6) is -0.196. The van der Waals surface area contributed by atoms with Gasteiger partial charge < -0.3 is 15.3 Å². The van der Waals surface area contributed by atoms with Crippen LogP contribution in [0.5, 0.6) is 0 Å². The number of carboxylic acids is 1. The van der Waals surface area contributed by atoms with Crippen molar-refractivity contribution >= 4 is 74.7 Å².